The Balaban J connectivity index is 1.55. The van der Waals surface area contributed by atoms with Crippen LogP contribution in [0.5, 0.6) is 17.2 Å². The third kappa shape index (κ3) is 1.69. The Morgan fingerprint density at radius 1 is 1.27 bits per heavy atom. The van der Waals surface area contributed by atoms with E-state index in [4.69, 9.17) is 14.2 Å². The smallest absolute Gasteiger partial charge is 0.320 e. The normalized spacial score (nSPS) is 31.4. The maximum atomic E-state index is 12.5. The van der Waals surface area contributed by atoms with Crippen molar-refractivity contribution in [2.75, 3.05) is 13.3 Å². The average Bonchev–Trinajstić information content (AvgIpc) is 3.18. The molecule has 1 saturated heterocycles. The molecule has 4 aliphatic rings. The van der Waals surface area contributed by atoms with E-state index in [0.29, 0.717) is 11.7 Å². The molecule has 1 aliphatic carbocycles. The molecule has 2 amide bonds. The van der Waals surface area contributed by atoms with Crippen LogP contribution in [0.15, 0.2) is 12.1 Å². The van der Waals surface area contributed by atoms with E-state index >= 15 is 0 Å². The molecule has 22 heavy (non-hydrogen) atoms. The number of fused-ring (bicyclic) bond motifs is 5. The second kappa shape index (κ2) is 4.00. The van der Waals surface area contributed by atoms with E-state index < -0.39 is 5.72 Å². The second-order valence-corrected chi connectivity index (χ2v) is 6.78. The summed E-state index contributed by atoms with van der Waals surface area (Å²) in [5.74, 6) is 2.84. The molecule has 0 radical (unpaired) electrons. The van der Waals surface area contributed by atoms with Gasteiger partial charge in [-0.15, -0.1) is 0 Å². The van der Waals surface area contributed by atoms with Gasteiger partial charge in [0.1, 0.15) is 5.75 Å². The molecule has 0 spiro atoms. The quantitative estimate of drug-likeness (QED) is 0.911. The minimum absolute atomic E-state index is 0.0334. The Kier molecular flexibility index (Phi) is 2.26. The number of ether oxygens (including phenoxy) is 3. The molecular weight excluding hydrogens is 284 g/mol. The highest BCUT2D eigenvalue weighted by Crippen LogP contribution is 2.49. The van der Waals surface area contributed by atoms with Crippen molar-refractivity contribution < 1.29 is 19.0 Å². The molecule has 2 unspecified atom stereocenters. The summed E-state index contributed by atoms with van der Waals surface area (Å²) in [7, 11) is 0. The summed E-state index contributed by atoms with van der Waals surface area (Å²) in [6, 6.07) is 3.74. The third-order valence-corrected chi connectivity index (χ3v) is 5.04. The van der Waals surface area contributed by atoms with Crippen LogP contribution < -0.4 is 19.5 Å². The maximum absolute atomic E-state index is 12.5. The molecule has 2 atom stereocenters. The number of urea groups is 1. The third-order valence-electron chi connectivity index (χ3n) is 5.04. The monoisotopic (exact) mass is 302 g/mol. The lowest BCUT2D eigenvalue weighted by Gasteiger charge is -2.50. The Hall–Kier alpha value is -2.11. The largest absolute Gasteiger partial charge is 0.468 e. The predicted molar refractivity (Wildman–Crippen MR) is 76.9 cm³/mol. The van der Waals surface area contributed by atoms with Gasteiger partial charge >= 0.3 is 6.03 Å². The molecule has 3 aliphatic heterocycles. The van der Waals surface area contributed by atoms with Crippen LogP contribution in [0.4, 0.5) is 4.79 Å². The summed E-state index contributed by atoms with van der Waals surface area (Å²) >= 11 is 0. The van der Waals surface area contributed by atoms with Crippen molar-refractivity contribution in [1.82, 2.24) is 10.2 Å². The van der Waals surface area contributed by atoms with Crippen molar-refractivity contribution in [2.45, 2.75) is 38.0 Å². The molecule has 3 heterocycles. The number of carbonyl (C=O) groups is 1. The molecule has 2 fully saturated rings. The van der Waals surface area contributed by atoms with Crippen LogP contribution in [0, 0.1) is 5.92 Å². The lowest BCUT2D eigenvalue weighted by Crippen LogP contribution is -2.65. The Labute approximate surface area is 128 Å². The first-order valence-electron chi connectivity index (χ1n) is 7.83. The van der Waals surface area contributed by atoms with Crippen LogP contribution >= 0.6 is 0 Å². The zero-order chi connectivity index (χ0) is 14.9. The van der Waals surface area contributed by atoms with E-state index in [1.54, 1.807) is 0 Å². The molecule has 1 aromatic rings. The fourth-order valence-corrected chi connectivity index (χ4v) is 3.64. The SMILES string of the molecule is CC12CC(NC(=O)N1CC1CC1)c1cc3c(cc1O2)OCO3. The van der Waals surface area contributed by atoms with Gasteiger partial charge in [0, 0.05) is 24.6 Å². The standard InChI is InChI=1S/C16H18N2O4/c1-16-6-11(17-15(19)18(16)7-9-2-3-9)10-4-13-14(21-8-20-13)5-12(10)22-16/h4-5,9,11H,2-3,6-8H2,1H3,(H,17,19). The van der Waals surface area contributed by atoms with E-state index in [1.807, 2.05) is 24.0 Å². The van der Waals surface area contributed by atoms with Gasteiger partial charge in [0.05, 0.1) is 6.04 Å². The van der Waals surface area contributed by atoms with Gasteiger partial charge in [0.25, 0.3) is 0 Å². The number of carbonyl (C=O) groups excluding carboxylic acids is 1. The summed E-state index contributed by atoms with van der Waals surface area (Å²) < 4.78 is 17.1. The number of hydrogen-bond acceptors (Lipinski definition) is 4. The summed E-state index contributed by atoms with van der Waals surface area (Å²) in [5.41, 5.74) is 0.386. The van der Waals surface area contributed by atoms with Crippen LogP contribution in [-0.2, 0) is 0 Å². The van der Waals surface area contributed by atoms with Crippen molar-refractivity contribution in [1.29, 1.82) is 0 Å². The number of nitrogens with zero attached hydrogens (tertiary/aromatic N) is 1. The molecule has 1 saturated carbocycles. The highest BCUT2D eigenvalue weighted by atomic mass is 16.7. The zero-order valence-corrected chi connectivity index (χ0v) is 12.4. The van der Waals surface area contributed by atoms with Gasteiger partial charge in [0.15, 0.2) is 17.2 Å². The molecule has 6 heteroatoms. The van der Waals surface area contributed by atoms with Crippen LogP contribution in [0.3, 0.4) is 0 Å². The minimum Gasteiger partial charge on any atom is -0.468 e. The summed E-state index contributed by atoms with van der Waals surface area (Å²) in [4.78, 5) is 14.4. The molecular formula is C16H18N2O4. The fourth-order valence-electron chi connectivity index (χ4n) is 3.64. The number of rotatable bonds is 2. The van der Waals surface area contributed by atoms with Gasteiger partial charge in [-0.25, -0.2) is 4.79 Å². The fraction of sp³-hybridized carbons (Fsp3) is 0.562. The van der Waals surface area contributed by atoms with Crippen LogP contribution in [0.25, 0.3) is 0 Å². The molecule has 2 bridgehead atoms. The van der Waals surface area contributed by atoms with Crippen molar-refractivity contribution in [3.63, 3.8) is 0 Å². The molecule has 6 nitrogen and oxygen atoms in total. The van der Waals surface area contributed by atoms with Crippen molar-refractivity contribution in [2.24, 2.45) is 5.92 Å². The summed E-state index contributed by atoms with van der Waals surface area (Å²) in [6.07, 6.45) is 3.16. The predicted octanol–water partition coefficient (Wildman–Crippen LogP) is 2.39. The van der Waals surface area contributed by atoms with Gasteiger partial charge in [-0.05, 0) is 31.7 Å². The molecule has 5 rings (SSSR count). The van der Waals surface area contributed by atoms with Crippen LogP contribution in [-0.4, -0.2) is 30.0 Å². The first kappa shape index (κ1) is 12.4. The van der Waals surface area contributed by atoms with Crippen LogP contribution in [0.2, 0.25) is 0 Å². The van der Waals surface area contributed by atoms with E-state index in [0.717, 1.165) is 30.0 Å². The number of amides is 2. The van der Waals surface area contributed by atoms with Crippen molar-refractivity contribution >= 4 is 6.03 Å². The van der Waals surface area contributed by atoms with Crippen molar-refractivity contribution in [3.05, 3.63) is 17.7 Å². The highest BCUT2D eigenvalue weighted by Gasteiger charge is 2.50. The first-order valence-corrected chi connectivity index (χ1v) is 7.83. The Morgan fingerprint density at radius 2 is 2.05 bits per heavy atom. The number of nitrogens with one attached hydrogen (secondary N) is 1. The zero-order valence-electron chi connectivity index (χ0n) is 12.4. The van der Waals surface area contributed by atoms with Gasteiger partial charge in [-0.2, -0.15) is 0 Å². The molecule has 0 aromatic heterocycles. The molecule has 116 valence electrons. The van der Waals surface area contributed by atoms with E-state index in [-0.39, 0.29) is 18.9 Å². The van der Waals surface area contributed by atoms with Gasteiger partial charge < -0.3 is 19.5 Å². The summed E-state index contributed by atoms with van der Waals surface area (Å²) in [6.45, 7) is 3.02. The second-order valence-electron chi connectivity index (χ2n) is 6.78. The highest BCUT2D eigenvalue weighted by molar-refractivity contribution is 5.77. The average molecular weight is 302 g/mol. The maximum Gasteiger partial charge on any atom is 0.320 e. The van der Waals surface area contributed by atoms with Gasteiger partial charge in [0.2, 0.25) is 6.79 Å². The lowest BCUT2D eigenvalue weighted by molar-refractivity contribution is -0.0855. The van der Waals surface area contributed by atoms with E-state index in [1.165, 1.54) is 12.8 Å². The van der Waals surface area contributed by atoms with E-state index in [2.05, 4.69) is 5.32 Å². The topological polar surface area (TPSA) is 60.0 Å². The Morgan fingerprint density at radius 3 is 2.82 bits per heavy atom. The van der Waals surface area contributed by atoms with E-state index in [9.17, 15) is 4.79 Å². The molecule has 1 aromatic carbocycles. The first-order chi connectivity index (χ1) is 10.6. The lowest BCUT2D eigenvalue weighted by atomic mass is 9.90. The number of benzene rings is 1. The van der Waals surface area contributed by atoms with Crippen LogP contribution in [0.1, 0.15) is 37.8 Å². The Bertz CT molecular complexity index is 672. The minimum atomic E-state index is -0.587. The molecule has 1 N–H and O–H groups in total. The van der Waals surface area contributed by atoms with Gasteiger partial charge in [-0.3, -0.25) is 4.90 Å². The van der Waals surface area contributed by atoms with Crippen molar-refractivity contribution in [3.8, 4) is 17.2 Å². The number of hydrogen-bond donors (Lipinski definition) is 1. The van der Waals surface area contributed by atoms with Gasteiger partial charge in [-0.1, -0.05) is 0 Å². The summed E-state index contributed by atoms with van der Waals surface area (Å²) in [5, 5.41) is 3.11.